The molecule has 2 heterocycles. The number of fused-ring (bicyclic) bond motifs is 1. The molecule has 2 fully saturated rings. The lowest BCUT2D eigenvalue weighted by atomic mass is 9.81. The third kappa shape index (κ3) is 5.64. The molecule has 1 aliphatic carbocycles. The van der Waals surface area contributed by atoms with Crippen LogP contribution < -0.4 is 0 Å². The van der Waals surface area contributed by atoms with Crippen molar-refractivity contribution in [2.75, 3.05) is 6.61 Å². The lowest BCUT2D eigenvalue weighted by Gasteiger charge is -2.44. The number of carbonyl (C=O) groups is 2. The molecule has 0 radical (unpaired) electrons. The third-order valence-corrected chi connectivity index (χ3v) is 7.03. The largest absolute Gasteiger partial charge is 0.508 e. The number of carboxylic acid groups (broad SMARTS) is 1. The summed E-state index contributed by atoms with van der Waals surface area (Å²) >= 11 is 0. The topological polar surface area (TPSA) is 192 Å². The quantitative estimate of drug-likeness (QED) is 0.206. The number of phenolic OH excluding ortho intramolecular Hbond substituents is 1. The van der Waals surface area contributed by atoms with E-state index in [4.69, 9.17) is 18.9 Å². The van der Waals surface area contributed by atoms with Crippen molar-refractivity contribution in [2.24, 2.45) is 11.8 Å². The number of benzene rings is 1. The van der Waals surface area contributed by atoms with Crippen molar-refractivity contribution >= 4 is 18.0 Å². The molecule has 1 aromatic rings. The normalized spacial score (nSPS) is 37.5. The van der Waals surface area contributed by atoms with Crippen LogP contribution in [0.2, 0.25) is 0 Å². The van der Waals surface area contributed by atoms with Crippen molar-refractivity contribution < 1.29 is 59.2 Å². The predicted molar refractivity (Wildman–Crippen MR) is 123 cm³/mol. The minimum atomic E-state index is -1.71. The number of esters is 1. The second-order valence-corrected chi connectivity index (χ2v) is 9.58. The fraction of sp³-hybridized carbons (Fsp3) is 0.520. The van der Waals surface area contributed by atoms with Crippen LogP contribution in [-0.2, 0) is 28.5 Å². The lowest BCUT2D eigenvalue weighted by Crippen LogP contribution is -2.61. The van der Waals surface area contributed by atoms with Gasteiger partial charge in [0.2, 0.25) is 12.6 Å². The molecule has 0 unspecified atom stereocenters. The number of ether oxygens (including phenoxy) is 4. The molecule has 6 N–H and O–H groups in total. The summed E-state index contributed by atoms with van der Waals surface area (Å²) in [5.41, 5.74) is -0.792. The summed E-state index contributed by atoms with van der Waals surface area (Å²) in [5, 5.41) is 60.4. The fourth-order valence-corrected chi connectivity index (χ4v) is 5.04. The molecule has 202 valence electrons. The van der Waals surface area contributed by atoms with Gasteiger partial charge in [-0.1, -0.05) is 12.1 Å². The highest BCUT2D eigenvalue weighted by atomic mass is 16.8. The molecule has 12 nitrogen and oxygen atoms in total. The molecule has 12 heteroatoms. The minimum absolute atomic E-state index is 0.0155. The van der Waals surface area contributed by atoms with Gasteiger partial charge < -0.3 is 49.6 Å². The molecule has 37 heavy (non-hydrogen) atoms. The number of aliphatic carboxylic acids is 1. The Hall–Kier alpha value is -3.00. The third-order valence-electron chi connectivity index (χ3n) is 7.03. The van der Waals surface area contributed by atoms with Gasteiger partial charge >= 0.3 is 11.9 Å². The van der Waals surface area contributed by atoms with Gasteiger partial charge in [-0.15, -0.1) is 0 Å². The first-order chi connectivity index (χ1) is 17.5. The Morgan fingerprint density at radius 3 is 2.51 bits per heavy atom. The molecule has 0 spiro atoms. The van der Waals surface area contributed by atoms with Crippen molar-refractivity contribution in [3.8, 4) is 5.75 Å². The monoisotopic (exact) mass is 522 g/mol. The zero-order valence-electron chi connectivity index (χ0n) is 19.9. The standard InChI is InChI=1S/C25H30O12/c1-25(33)9-8-14-15(22(31)32)11-34-23(18(14)25)37-24-21(20(30)19(29)16(10-26)35-24)36-17(28)7-4-12-2-5-13(27)6-3-12/h2-7,11,14,16,18-21,23-24,26-27,29-30,33H,8-10H2,1H3,(H,31,32)/b7-4+/t14-,16-,18+,19+,20+,21+,23-,24+,25-/m0/s1. The first kappa shape index (κ1) is 27.0. The number of hydrogen-bond acceptors (Lipinski definition) is 11. The number of aromatic hydroxyl groups is 1. The van der Waals surface area contributed by atoms with E-state index in [9.17, 15) is 40.2 Å². The van der Waals surface area contributed by atoms with Crippen LogP contribution in [0.15, 0.2) is 42.2 Å². The van der Waals surface area contributed by atoms with Gasteiger partial charge in [-0.3, -0.25) is 0 Å². The summed E-state index contributed by atoms with van der Waals surface area (Å²) in [5.74, 6) is -3.46. The molecule has 0 bridgehead atoms. The van der Waals surface area contributed by atoms with Crippen molar-refractivity contribution in [3.63, 3.8) is 0 Å². The van der Waals surface area contributed by atoms with E-state index in [0.29, 0.717) is 12.0 Å². The average Bonchev–Trinajstić information content (AvgIpc) is 3.18. The van der Waals surface area contributed by atoms with E-state index in [-0.39, 0.29) is 17.7 Å². The first-order valence-corrected chi connectivity index (χ1v) is 11.8. The number of hydrogen-bond donors (Lipinski definition) is 6. The molecule has 1 saturated heterocycles. The maximum absolute atomic E-state index is 12.5. The Balaban J connectivity index is 1.55. The summed E-state index contributed by atoms with van der Waals surface area (Å²) in [6.07, 6.45) is -4.80. The van der Waals surface area contributed by atoms with E-state index >= 15 is 0 Å². The zero-order valence-corrected chi connectivity index (χ0v) is 19.9. The van der Waals surface area contributed by atoms with Crippen LogP contribution in [0.4, 0.5) is 0 Å². The predicted octanol–water partition coefficient (Wildman–Crippen LogP) is -0.125. The Labute approximate surface area is 212 Å². The Morgan fingerprint density at radius 2 is 1.86 bits per heavy atom. The number of carbonyl (C=O) groups excluding carboxylic acids is 1. The fourth-order valence-electron chi connectivity index (χ4n) is 5.04. The van der Waals surface area contributed by atoms with Crippen molar-refractivity contribution in [2.45, 2.75) is 62.4 Å². The van der Waals surface area contributed by atoms with Gasteiger partial charge in [0, 0.05) is 12.0 Å². The average molecular weight is 523 g/mol. The van der Waals surface area contributed by atoms with Crippen LogP contribution in [0.5, 0.6) is 5.75 Å². The molecule has 0 aromatic heterocycles. The molecule has 4 rings (SSSR count). The van der Waals surface area contributed by atoms with Gasteiger partial charge in [0.1, 0.15) is 24.1 Å². The van der Waals surface area contributed by atoms with Crippen LogP contribution in [0.3, 0.4) is 0 Å². The number of rotatable bonds is 7. The van der Waals surface area contributed by atoms with Gasteiger partial charge in [0.15, 0.2) is 6.10 Å². The van der Waals surface area contributed by atoms with Gasteiger partial charge in [-0.25, -0.2) is 9.59 Å². The van der Waals surface area contributed by atoms with Crippen molar-refractivity contribution in [3.05, 3.63) is 47.7 Å². The maximum Gasteiger partial charge on any atom is 0.334 e. The second-order valence-electron chi connectivity index (χ2n) is 9.58. The smallest absolute Gasteiger partial charge is 0.334 e. The van der Waals surface area contributed by atoms with E-state index < -0.39 is 73.0 Å². The molecule has 3 aliphatic rings. The zero-order chi connectivity index (χ0) is 26.9. The highest BCUT2D eigenvalue weighted by Gasteiger charge is 2.56. The van der Waals surface area contributed by atoms with Crippen LogP contribution in [0.1, 0.15) is 25.3 Å². The summed E-state index contributed by atoms with van der Waals surface area (Å²) in [6.45, 7) is 0.850. The molecule has 2 aliphatic heterocycles. The van der Waals surface area contributed by atoms with Gasteiger partial charge in [0.05, 0.1) is 30.0 Å². The molecular formula is C25H30O12. The molecule has 0 amide bonds. The van der Waals surface area contributed by atoms with Gasteiger partial charge in [-0.05, 0) is 43.5 Å². The van der Waals surface area contributed by atoms with Gasteiger partial charge in [-0.2, -0.15) is 0 Å². The second kappa shape index (κ2) is 10.8. The summed E-state index contributed by atoms with van der Waals surface area (Å²) < 4.78 is 22.3. The number of aliphatic hydroxyl groups excluding tert-OH is 3. The first-order valence-electron chi connectivity index (χ1n) is 11.8. The van der Waals surface area contributed by atoms with Crippen molar-refractivity contribution in [1.82, 2.24) is 0 Å². The Bertz CT molecular complexity index is 1050. The van der Waals surface area contributed by atoms with E-state index in [1.54, 1.807) is 12.1 Å². The van der Waals surface area contributed by atoms with Crippen LogP contribution in [0, 0.1) is 11.8 Å². The van der Waals surface area contributed by atoms with E-state index in [0.717, 1.165) is 12.3 Å². The van der Waals surface area contributed by atoms with E-state index in [1.165, 1.54) is 25.1 Å². The van der Waals surface area contributed by atoms with Crippen LogP contribution >= 0.6 is 0 Å². The molecular weight excluding hydrogens is 492 g/mol. The molecule has 1 saturated carbocycles. The number of aliphatic hydroxyl groups is 4. The molecule has 9 atom stereocenters. The minimum Gasteiger partial charge on any atom is -0.508 e. The number of phenols is 1. The lowest BCUT2D eigenvalue weighted by molar-refractivity contribution is -0.346. The van der Waals surface area contributed by atoms with E-state index in [2.05, 4.69) is 0 Å². The number of carboxylic acids is 1. The Morgan fingerprint density at radius 1 is 1.16 bits per heavy atom. The summed E-state index contributed by atoms with van der Waals surface area (Å²) in [6, 6.07) is 5.97. The van der Waals surface area contributed by atoms with Gasteiger partial charge in [0.25, 0.3) is 0 Å². The highest BCUT2D eigenvalue weighted by Crippen LogP contribution is 2.49. The van der Waals surface area contributed by atoms with Crippen molar-refractivity contribution in [1.29, 1.82) is 0 Å². The molecule has 1 aromatic carbocycles. The Kier molecular flexibility index (Phi) is 7.88. The highest BCUT2D eigenvalue weighted by molar-refractivity contribution is 5.87. The summed E-state index contributed by atoms with van der Waals surface area (Å²) in [4.78, 5) is 24.2. The SMILES string of the molecule is C[C@]1(O)CC[C@H]2C(C(=O)O)=CO[C@@H](O[C@H]3O[C@@H](CO)[C@@H](O)[C@@H](O)[C@H]3OC(=O)/C=C/c3ccc(O)cc3)[C@@H]21. The maximum atomic E-state index is 12.5. The van der Waals surface area contributed by atoms with E-state index in [1.807, 2.05) is 0 Å². The van der Waals surface area contributed by atoms with Crippen LogP contribution in [-0.4, -0.2) is 91.8 Å². The summed E-state index contributed by atoms with van der Waals surface area (Å²) in [7, 11) is 0. The van der Waals surface area contributed by atoms with Crippen LogP contribution in [0.25, 0.3) is 6.08 Å².